The maximum absolute atomic E-state index is 11.5. The average molecular weight is 363 g/mol. The number of carbonyl (C=O) groups is 1. The number of rotatable bonds is 17. The van der Waals surface area contributed by atoms with Crippen molar-refractivity contribution in [1.82, 2.24) is 0 Å². The number of hydrogen-bond donors (Lipinski definition) is 1. The Bertz CT molecular complexity index is 284. The summed E-state index contributed by atoms with van der Waals surface area (Å²) < 4.78 is 5.36. The molecule has 0 aromatic rings. The lowest BCUT2D eigenvalue weighted by Crippen LogP contribution is -2.32. The lowest BCUT2D eigenvalue weighted by molar-refractivity contribution is -0.152. The van der Waals surface area contributed by atoms with Crippen molar-refractivity contribution in [2.24, 2.45) is 0 Å². The average Bonchev–Trinajstić information content (AvgIpc) is 2.59. The van der Waals surface area contributed by atoms with Gasteiger partial charge in [-0.15, -0.1) is 11.6 Å². The van der Waals surface area contributed by atoms with Crippen LogP contribution in [0.25, 0.3) is 0 Å². The van der Waals surface area contributed by atoms with Crippen LogP contribution < -0.4 is 0 Å². The molecule has 0 bridgehead atoms. The van der Waals surface area contributed by atoms with Crippen molar-refractivity contribution < 1.29 is 14.6 Å². The maximum Gasteiger partial charge on any atom is 0.321 e. The Morgan fingerprint density at radius 2 is 1.29 bits per heavy atom. The molecule has 4 heteroatoms. The second-order valence-corrected chi connectivity index (χ2v) is 7.11. The van der Waals surface area contributed by atoms with Crippen LogP contribution in [-0.4, -0.2) is 29.2 Å². The highest BCUT2D eigenvalue weighted by Crippen LogP contribution is 2.18. The van der Waals surface area contributed by atoms with Crippen LogP contribution in [0, 0.1) is 0 Å². The van der Waals surface area contributed by atoms with Crippen LogP contribution in [0.5, 0.6) is 0 Å². The third kappa shape index (κ3) is 14.1. The van der Waals surface area contributed by atoms with Crippen molar-refractivity contribution in [3.8, 4) is 0 Å². The summed E-state index contributed by atoms with van der Waals surface area (Å²) in [6.45, 7) is 4.42. The number of carbonyl (C=O) groups excluding carboxylic acids is 1. The van der Waals surface area contributed by atoms with Gasteiger partial charge in [0.15, 0.2) is 0 Å². The Morgan fingerprint density at radius 1 is 0.833 bits per heavy atom. The number of alkyl halides is 1. The lowest BCUT2D eigenvalue weighted by atomic mass is 9.99. The van der Waals surface area contributed by atoms with Gasteiger partial charge in [0.1, 0.15) is 12.0 Å². The van der Waals surface area contributed by atoms with Gasteiger partial charge in [-0.05, 0) is 19.3 Å². The SMILES string of the molecule is CCCCCCCCC(O)C(CCCCCCCC)OC(=O)CCl. The molecule has 0 aromatic heterocycles. The van der Waals surface area contributed by atoms with Crippen molar-refractivity contribution >= 4 is 17.6 Å². The fraction of sp³-hybridized carbons (Fsp3) is 0.950. The van der Waals surface area contributed by atoms with Gasteiger partial charge in [0.05, 0.1) is 6.10 Å². The molecule has 0 aromatic carbocycles. The molecule has 0 saturated heterocycles. The van der Waals surface area contributed by atoms with Gasteiger partial charge in [-0.2, -0.15) is 0 Å². The first-order valence-corrected chi connectivity index (χ1v) is 10.6. The number of ether oxygens (including phenoxy) is 1. The first-order chi connectivity index (χ1) is 11.7. The summed E-state index contributed by atoms with van der Waals surface area (Å²) in [6, 6.07) is 0. The molecule has 2 atom stereocenters. The van der Waals surface area contributed by atoms with Gasteiger partial charge < -0.3 is 9.84 Å². The molecule has 24 heavy (non-hydrogen) atoms. The van der Waals surface area contributed by atoms with Crippen molar-refractivity contribution in [1.29, 1.82) is 0 Å². The Hall–Kier alpha value is -0.280. The molecule has 0 rings (SSSR count). The summed E-state index contributed by atoms with van der Waals surface area (Å²) in [6.07, 6.45) is 14.8. The molecule has 0 spiro atoms. The van der Waals surface area contributed by atoms with E-state index in [1.807, 2.05) is 0 Å². The summed E-state index contributed by atoms with van der Waals surface area (Å²) >= 11 is 5.54. The lowest BCUT2D eigenvalue weighted by Gasteiger charge is -2.23. The number of halogens is 1. The molecule has 2 unspecified atom stereocenters. The third-order valence-corrected chi connectivity index (χ3v) is 4.73. The zero-order valence-corrected chi connectivity index (χ0v) is 16.7. The zero-order valence-electron chi connectivity index (χ0n) is 15.9. The van der Waals surface area contributed by atoms with E-state index in [0.29, 0.717) is 6.42 Å². The summed E-state index contributed by atoms with van der Waals surface area (Å²) in [5, 5.41) is 10.4. The number of aliphatic hydroxyl groups is 1. The highest BCUT2D eigenvalue weighted by Gasteiger charge is 2.22. The van der Waals surface area contributed by atoms with Gasteiger partial charge in [-0.3, -0.25) is 4.79 Å². The molecule has 144 valence electrons. The van der Waals surface area contributed by atoms with Gasteiger partial charge >= 0.3 is 5.97 Å². The van der Waals surface area contributed by atoms with Crippen LogP contribution in [-0.2, 0) is 9.53 Å². The molecule has 0 heterocycles. The third-order valence-electron chi connectivity index (χ3n) is 4.52. The molecule has 0 radical (unpaired) electrons. The van der Waals surface area contributed by atoms with E-state index in [1.165, 1.54) is 51.4 Å². The van der Waals surface area contributed by atoms with Crippen LogP contribution >= 0.6 is 11.6 Å². The molecule has 0 amide bonds. The number of unbranched alkanes of at least 4 members (excludes halogenated alkanes) is 10. The zero-order chi connectivity index (χ0) is 18.0. The van der Waals surface area contributed by atoms with Gasteiger partial charge in [0.25, 0.3) is 0 Å². The number of esters is 1. The monoisotopic (exact) mass is 362 g/mol. The molecule has 1 N–H and O–H groups in total. The van der Waals surface area contributed by atoms with Crippen LogP contribution in [0.15, 0.2) is 0 Å². The fourth-order valence-electron chi connectivity index (χ4n) is 2.98. The van der Waals surface area contributed by atoms with E-state index in [-0.39, 0.29) is 5.88 Å². The number of hydrogen-bond acceptors (Lipinski definition) is 3. The second-order valence-electron chi connectivity index (χ2n) is 6.84. The Kier molecular flexibility index (Phi) is 17.3. The quantitative estimate of drug-likeness (QED) is 0.196. The van der Waals surface area contributed by atoms with E-state index in [1.54, 1.807) is 0 Å². The molecule has 0 aliphatic carbocycles. The van der Waals surface area contributed by atoms with E-state index < -0.39 is 18.2 Å². The molecular formula is C20H39ClO3. The summed E-state index contributed by atoms with van der Waals surface area (Å²) in [7, 11) is 0. The standard InChI is InChI=1S/C20H39ClO3/c1-3-5-7-9-11-13-15-18(22)19(24-20(23)17-21)16-14-12-10-8-6-4-2/h18-19,22H,3-17H2,1-2H3. The van der Waals surface area contributed by atoms with Crippen LogP contribution in [0.4, 0.5) is 0 Å². The van der Waals surface area contributed by atoms with E-state index in [0.717, 1.165) is 32.1 Å². The van der Waals surface area contributed by atoms with Crippen LogP contribution in [0.1, 0.15) is 104 Å². The van der Waals surface area contributed by atoms with Crippen molar-refractivity contribution in [2.45, 2.75) is 116 Å². The smallest absolute Gasteiger partial charge is 0.321 e. The van der Waals surface area contributed by atoms with Crippen molar-refractivity contribution in [3.05, 3.63) is 0 Å². The molecule has 3 nitrogen and oxygen atoms in total. The summed E-state index contributed by atoms with van der Waals surface area (Å²) in [5.74, 6) is -0.564. The topological polar surface area (TPSA) is 46.5 Å². The van der Waals surface area contributed by atoms with Gasteiger partial charge in [0.2, 0.25) is 0 Å². The van der Waals surface area contributed by atoms with Crippen molar-refractivity contribution in [3.63, 3.8) is 0 Å². The largest absolute Gasteiger partial charge is 0.459 e. The Balaban J connectivity index is 4.01. The minimum absolute atomic E-state index is 0.142. The fourth-order valence-corrected chi connectivity index (χ4v) is 3.04. The predicted molar refractivity (Wildman–Crippen MR) is 103 cm³/mol. The van der Waals surface area contributed by atoms with Crippen LogP contribution in [0.2, 0.25) is 0 Å². The van der Waals surface area contributed by atoms with E-state index >= 15 is 0 Å². The van der Waals surface area contributed by atoms with Gasteiger partial charge in [-0.25, -0.2) is 0 Å². The highest BCUT2D eigenvalue weighted by molar-refractivity contribution is 6.26. The second kappa shape index (κ2) is 17.5. The Morgan fingerprint density at radius 3 is 1.79 bits per heavy atom. The van der Waals surface area contributed by atoms with E-state index in [9.17, 15) is 9.90 Å². The Labute approximate surface area is 154 Å². The first-order valence-electron chi connectivity index (χ1n) is 10.1. The van der Waals surface area contributed by atoms with Crippen LogP contribution in [0.3, 0.4) is 0 Å². The van der Waals surface area contributed by atoms with Gasteiger partial charge in [-0.1, -0.05) is 84.5 Å². The summed E-state index contributed by atoms with van der Waals surface area (Å²) in [4.78, 5) is 11.5. The highest BCUT2D eigenvalue weighted by atomic mass is 35.5. The molecule has 0 aliphatic heterocycles. The molecular weight excluding hydrogens is 324 g/mol. The van der Waals surface area contributed by atoms with E-state index in [2.05, 4.69) is 13.8 Å². The number of aliphatic hydroxyl groups excluding tert-OH is 1. The first kappa shape index (κ1) is 23.7. The minimum atomic E-state index is -0.556. The molecule has 0 fully saturated rings. The predicted octanol–water partition coefficient (Wildman–Crippen LogP) is 6.00. The maximum atomic E-state index is 11.5. The molecule has 0 saturated carbocycles. The summed E-state index contributed by atoms with van der Waals surface area (Å²) in [5.41, 5.74) is 0. The van der Waals surface area contributed by atoms with Gasteiger partial charge in [0, 0.05) is 0 Å². The molecule has 0 aliphatic rings. The van der Waals surface area contributed by atoms with E-state index in [4.69, 9.17) is 16.3 Å². The normalized spacial score (nSPS) is 13.7. The van der Waals surface area contributed by atoms with Crippen molar-refractivity contribution in [2.75, 3.05) is 5.88 Å². The minimum Gasteiger partial charge on any atom is -0.459 e.